The summed E-state index contributed by atoms with van der Waals surface area (Å²) < 4.78 is 46.4. The minimum Gasteiger partial charge on any atom is -0.489 e. The zero-order valence-corrected chi connectivity index (χ0v) is 13.8. The Morgan fingerprint density at radius 3 is 2.52 bits per heavy atom. The number of ether oxygens (including phenoxy) is 1. The molecule has 0 bridgehead atoms. The number of amides is 2. The van der Waals surface area contributed by atoms with Gasteiger partial charge in [-0.25, -0.2) is 4.39 Å². The molecular formula is C14H16FN3O6S. The van der Waals surface area contributed by atoms with Crippen molar-refractivity contribution in [2.24, 2.45) is 0 Å². The van der Waals surface area contributed by atoms with Gasteiger partial charge in [0, 0.05) is 6.54 Å². The van der Waals surface area contributed by atoms with Crippen LogP contribution in [0.1, 0.15) is 12.8 Å². The Labute approximate surface area is 143 Å². The van der Waals surface area contributed by atoms with Gasteiger partial charge in [0.15, 0.2) is 0 Å². The van der Waals surface area contributed by atoms with Gasteiger partial charge in [-0.1, -0.05) is 0 Å². The first-order chi connectivity index (χ1) is 11.8. The highest BCUT2D eigenvalue weighted by molar-refractivity contribution is 7.87. The van der Waals surface area contributed by atoms with Crippen LogP contribution < -0.4 is 9.46 Å². The molecule has 2 N–H and O–H groups in total. The highest BCUT2D eigenvalue weighted by Gasteiger charge is 2.42. The molecule has 2 amide bonds. The van der Waals surface area contributed by atoms with E-state index in [0.29, 0.717) is 12.2 Å². The van der Waals surface area contributed by atoms with Gasteiger partial charge in [0.05, 0.1) is 13.0 Å². The van der Waals surface area contributed by atoms with Crippen molar-refractivity contribution < 1.29 is 32.3 Å². The number of carbonyl (C=O) groups excluding carboxylic acids is 2. The number of halogens is 1. The van der Waals surface area contributed by atoms with Crippen LogP contribution in [0.2, 0.25) is 0 Å². The number of benzene rings is 1. The van der Waals surface area contributed by atoms with E-state index in [2.05, 4.69) is 4.72 Å². The van der Waals surface area contributed by atoms with E-state index in [1.54, 1.807) is 0 Å². The number of hydroxylamine groups is 2. The Morgan fingerprint density at radius 1 is 1.24 bits per heavy atom. The van der Waals surface area contributed by atoms with Crippen LogP contribution in [0.5, 0.6) is 5.75 Å². The van der Waals surface area contributed by atoms with Crippen molar-refractivity contribution >= 4 is 22.0 Å². The fourth-order valence-corrected chi connectivity index (χ4v) is 4.08. The average Bonchev–Trinajstić information content (AvgIpc) is 3.12. The van der Waals surface area contributed by atoms with Gasteiger partial charge in [-0.15, -0.1) is 0 Å². The van der Waals surface area contributed by atoms with Crippen LogP contribution in [0.25, 0.3) is 0 Å². The predicted octanol–water partition coefficient (Wildman–Crippen LogP) is -0.370. The van der Waals surface area contributed by atoms with Crippen LogP contribution in [-0.4, -0.2) is 60.0 Å². The lowest BCUT2D eigenvalue weighted by atomic mass is 10.3. The first-order valence-corrected chi connectivity index (χ1v) is 8.95. The smallest absolute Gasteiger partial charge is 0.280 e. The lowest BCUT2D eigenvalue weighted by molar-refractivity contribution is -0.171. The molecule has 0 aromatic heterocycles. The van der Waals surface area contributed by atoms with Crippen molar-refractivity contribution in [3.05, 3.63) is 30.1 Å². The molecule has 2 saturated heterocycles. The second kappa shape index (κ2) is 6.67. The van der Waals surface area contributed by atoms with Gasteiger partial charge in [-0.05, 0) is 30.7 Å². The summed E-state index contributed by atoms with van der Waals surface area (Å²) in [7, 11) is -4.02. The van der Waals surface area contributed by atoms with Crippen LogP contribution >= 0.6 is 0 Å². The van der Waals surface area contributed by atoms with Gasteiger partial charge in [-0.2, -0.15) is 22.5 Å². The summed E-state index contributed by atoms with van der Waals surface area (Å²) in [5.74, 6) is -1.85. The first kappa shape index (κ1) is 17.7. The number of hydrogen-bond donors (Lipinski definition) is 2. The minimum absolute atomic E-state index is 0.0460. The summed E-state index contributed by atoms with van der Waals surface area (Å²) in [5, 5.41) is 9.08. The van der Waals surface area contributed by atoms with E-state index in [-0.39, 0.29) is 18.2 Å². The molecule has 3 rings (SSSR count). The first-order valence-electron chi connectivity index (χ1n) is 7.51. The van der Waals surface area contributed by atoms with Gasteiger partial charge in [0.1, 0.15) is 23.7 Å². The number of nitrogens with one attached hydrogen (secondary N) is 1. The zero-order chi connectivity index (χ0) is 18.2. The van der Waals surface area contributed by atoms with Crippen LogP contribution in [-0.2, 0) is 19.8 Å². The number of imide groups is 1. The van der Waals surface area contributed by atoms with E-state index in [9.17, 15) is 22.4 Å². The van der Waals surface area contributed by atoms with E-state index in [4.69, 9.17) is 9.94 Å². The van der Waals surface area contributed by atoms with E-state index in [1.807, 2.05) is 0 Å². The molecule has 2 aliphatic rings. The Bertz CT molecular complexity index is 784. The summed E-state index contributed by atoms with van der Waals surface area (Å²) in [6, 6.07) is 4.06. The fraction of sp³-hybridized carbons (Fsp3) is 0.429. The largest absolute Gasteiger partial charge is 0.489 e. The lowest BCUT2D eigenvalue weighted by Gasteiger charge is -2.19. The van der Waals surface area contributed by atoms with Gasteiger partial charge in [0.25, 0.3) is 22.0 Å². The summed E-state index contributed by atoms with van der Waals surface area (Å²) in [6.45, 7) is 0.212. The molecule has 11 heteroatoms. The average molecular weight is 373 g/mol. The second-order valence-corrected chi connectivity index (χ2v) is 7.47. The van der Waals surface area contributed by atoms with E-state index in [1.165, 1.54) is 24.3 Å². The molecule has 1 aromatic rings. The monoisotopic (exact) mass is 373 g/mol. The van der Waals surface area contributed by atoms with Gasteiger partial charge < -0.3 is 4.74 Å². The Morgan fingerprint density at radius 2 is 1.92 bits per heavy atom. The maximum Gasteiger partial charge on any atom is 0.280 e. The quantitative estimate of drug-likeness (QED) is 0.537. The van der Waals surface area contributed by atoms with Crippen molar-refractivity contribution in [3.63, 3.8) is 0 Å². The highest BCUT2D eigenvalue weighted by atomic mass is 32.2. The van der Waals surface area contributed by atoms with Crippen LogP contribution in [0, 0.1) is 5.82 Å². The van der Waals surface area contributed by atoms with Crippen LogP contribution in [0.3, 0.4) is 0 Å². The Balaban J connectivity index is 1.60. The maximum atomic E-state index is 12.9. The molecule has 2 heterocycles. The molecule has 0 saturated carbocycles. The van der Waals surface area contributed by atoms with Crippen LogP contribution in [0.15, 0.2) is 24.3 Å². The summed E-state index contributed by atoms with van der Waals surface area (Å²) in [4.78, 5) is 22.8. The molecule has 0 aliphatic carbocycles. The molecule has 0 spiro atoms. The van der Waals surface area contributed by atoms with Gasteiger partial charge in [-0.3, -0.25) is 14.8 Å². The van der Waals surface area contributed by atoms with Gasteiger partial charge >= 0.3 is 0 Å². The molecule has 2 aliphatic heterocycles. The van der Waals surface area contributed by atoms with Gasteiger partial charge in [0.2, 0.25) is 0 Å². The predicted molar refractivity (Wildman–Crippen MR) is 81.1 cm³/mol. The summed E-state index contributed by atoms with van der Waals surface area (Å²) in [6.07, 6.45) is -0.433. The Hall–Kier alpha value is -2.08. The highest BCUT2D eigenvalue weighted by Crippen LogP contribution is 2.21. The van der Waals surface area contributed by atoms with E-state index < -0.39 is 46.4 Å². The molecule has 136 valence electrons. The molecule has 2 fully saturated rings. The standard InChI is InChI=1S/C14H16FN3O6S/c15-9-1-3-10(4-2-9)24-11-5-6-17(8-11)25(22,23)16-12-7-13(19)18(21)14(12)20/h1-4,11-12,16,21H,5-8H2/t11-,12?/m0/s1. The van der Waals surface area contributed by atoms with Crippen molar-refractivity contribution in [1.82, 2.24) is 14.1 Å². The zero-order valence-electron chi connectivity index (χ0n) is 13.0. The topological polar surface area (TPSA) is 116 Å². The normalized spacial score (nSPS) is 25.0. The molecule has 2 atom stereocenters. The SMILES string of the molecule is O=C1CC(NS(=O)(=O)N2CC[C@H](Oc3ccc(F)cc3)C2)C(=O)N1O. The van der Waals surface area contributed by atoms with Crippen molar-refractivity contribution in [1.29, 1.82) is 0 Å². The lowest BCUT2D eigenvalue weighted by Crippen LogP contribution is -2.47. The third kappa shape index (κ3) is 3.79. The number of nitrogens with zero attached hydrogens (tertiary/aromatic N) is 2. The van der Waals surface area contributed by atoms with E-state index >= 15 is 0 Å². The van der Waals surface area contributed by atoms with Crippen molar-refractivity contribution in [2.75, 3.05) is 13.1 Å². The molecular weight excluding hydrogens is 357 g/mol. The molecule has 25 heavy (non-hydrogen) atoms. The number of hydrogen-bond acceptors (Lipinski definition) is 6. The molecule has 1 aromatic carbocycles. The number of carbonyl (C=O) groups is 2. The molecule has 0 radical (unpaired) electrons. The van der Waals surface area contributed by atoms with E-state index in [0.717, 1.165) is 4.31 Å². The second-order valence-electron chi connectivity index (χ2n) is 5.76. The maximum absolute atomic E-state index is 12.9. The third-order valence-corrected chi connectivity index (χ3v) is 5.57. The molecule has 1 unspecified atom stereocenters. The summed E-state index contributed by atoms with van der Waals surface area (Å²) >= 11 is 0. The third-order valence-electron chi connectivity index (χ3n) is 3.98. The van der Waals surface area contributed by atoms with Crippen LogP contribution in [0.4, 0.5) is 4.39 Å². The van der Waals surface area contributed by atoms with Crippen molar-refractivity contribution in [3.8, 4) is 5.75 Å². The molecule has 9 nitrogen and oxygen atoms in total. The number of rotatable bonds is 5. The minimum atomic E-state index is -4.02. The Kier molecular flexibility index (Phi) is 4.73. The van der Waals surface area contributed by atoms with Crippen molar-refractivity contribution in [2.45, 2.75) is 25.0 Å². The fourth-order valence-electron chi connectivity index (χ4n) is 2.68. The summed E-state index contributed by atoms with van der Waals surface area (Å²) in [5.41, 5.74) is 0.